The molecule has 1 N–H and O–H groups in total. The fourth-order valence-corrected chi connectivity index (χ4v) is 2.17. The summed E-state index contributed by atoms with van der Waals surface area (Å²) in [4.78, 5) is 10.2. The molecular formula is C9H7ClF3NO4S. The Balaban J connectivity index is 3.17. The van der Waals surface area contributed by atoms with Crippen LogP contribution in [0.3, 0.4) is 0 Å². The van der Waals surface area contributed by atoms with Crippen molar-refractivity contribution in [2.24, 2.45) is 0 Å². The maximum Gasteiger partial charge on any atom is 0.471 e. The number of amides is 1. The van der Waals surface area contributed by atoms with E-state index in [0.717, 1.165) is 25.3 Å². The van der Waals surface area contributed by atoms with Crippen LogP contribution in [0.2, 0.25) is 0 Å². The molecule has 0 fully saturated rings. The Hall–Kier alpha value is -1.48. The van der Waals surface area contributed by atoms with Crippen molar-refractivity contribution in [2.45, 2.75) is 11.1 Å². The predicted octanol–water partition coefficient (Wildman–Crippen LogP) is 2.12. The molecule has 0 aliphatic carbocycles. The Morgan fingerprint density at radius 3 is 2.37 bits per heavy atom. The van der Waals surface area contributed by atoms with Gasteiger partial charge in [-0.3, -0.25) is 4.79 Å². The van der Waals surface area contributed by atoms with Crippen LogP contribution in [0, 0.1) is 0 Å². The number of halogens is 4. The summed E-state index contributed by atoms with van der Waals surface area (Å²) >= 11 is 0. The molecule has 0 heterocycles. The zero-order chi connectivity index (χ0) is 14.8. The first-order valence-corrected chi connectivity index (χ1v) is 6.87. The van der Waals surface area contributed by atoms with Crippen molar-refractivity contribution >= 4 is 31.3 Å². The van der Waals surface area contributed by atoms with Crippen LogP contribution in [0.25, 0.3) is 0 Å². The lowest BCUT2D eigenvalue weighted by molar-refractivity contribution is -0.167. The number of carbonyl (C=O) groups excluding carboxylic acids is 1. The topological polar surface area (TPSA) is 72.5 Å². The van der Waals surface area contributed by atoms with E-state index in [4.69, 9.17) is 15.4 Å². The predicted molar refractivity (Wildman–Crippen MR) is 60.7 cm³/mol. The summed E-state index contributed by atoms with van der Waals surface area (Å²) in [6.45, 7) is 0. The summed E-state index contributed by atoms with van der Waals surface area (Å²) in [6.07, 6.45) is -5.08. The van der Waals surface area contributed by atoms with Crippen molar-refractivity contribution in [1.29, 1.82) is 0 Å². The molecule has 0 unspecified atom stereocenters. The van der Waals surface area contributed by atoms with Gasteiger partial charge in [-0.05, 0) is 18.2 Å². The average Bonchev–Trinajstić information content (AvgIpc) is 2.26. The largest absolute Gasteiger partial charge is 0.495 e. The normalized spacial score (nSPS) is 12.1. The van der Waals surface area contributed by atoms with Crippen LogP contribution in [-0.4, -0.2) is 27.6 Å². The number of ether oxygens (including phenoxy) is 1. The van der Waals surface area contributed by atoms with Gasteiger partial charge in [-0.1, -0.05) is 0 Å². The molecule has 0 saturated carbocycles. The number of hydrogen-bond acceptors (Lipinski definition) is 4. The fourth-order valence-electron chi connectivity index (χ4n) is 1.15. The second-order valence-corrected chi connectivity index (χ2v) is 5.79. The molecule has 1 aromatic rings. The lowest BCUT2D eigenvalue weighted by Gasteiger charge is -2.10. The minimum Gasteiger partial charge on any atom is -0.495 e. The van der Waals surface area contributed by atoms with Gasteiger partial charge in [0.1, 0.15) is 10.6 Å². The highest BCUT2D eigenvalue weighted by Crippen LogP contribution is 2.30. The smallest absolute Gasteiger partial charge is 0.471 e. The van der Waals surface area contributed by atoms with E-state index in [0.29, 0.717) is 0 Å². The number of alkyl halides is 3. The van der Waals surface area contributed by atoms with Gasteiger partial charge in [0.15, 0.2) is 0 Å². The highest BCUT2D eigenvalue weighted by atomic mass is 35.7. The maximum atomic E-state index is 12.0. The van der Waals surface area contributed by atoms with Gasteiger partial charge in [0, 0.05) is 16.4 Å². The lowest BCUT2D eigenvalue weighted by atomic mass is 10.3. The molecule has 0 bridgehead atoms. The fraction of sp³-hybridized carbons (Fsp3) is 0.222. The second-order valence-electron chi connectivity index (χ2n) is 3.26. The van der Waals surface area contributed by atoms with Gasteiger partial charge in [-0.2, -0.15) is 13.2 Å². The molecule has 10 heteroatoms. The van der Waals surface area contributed by atoms with Gasteiger partial charge in [0.05, 0.1) is 7.11 Å². The standard InChI is InChI=1S/C9H7ClF3NO4S/c1-18-6-3-2-5(4-7(6)19(10,16)17)14-8(15)9(11,12)13/h2-4H,1H3,(H,14,15). The summed E-state index contributed by atoms with van der Waals surface area (Å²) in [5, 5.41) is 1.50. The molecule has 0 aliphatic heterocycles. The SMILES string of the molecule is COc1ccc(NC(=O)C(F)(F)F)cc1S(=O)(=O)Cl. The molecule has 1 aromatic carbocycles. The minimum absolute atomic E-state index is 0.153. The van der Waals surface area contributed by atoms with E-state index in [2.05, 4.69) is 0 Å². The van der Waals surface area contributed by atoms with Gasteiger partial charge in [-0.15, -0.1) is 0 Å². The summed E-state index contributed by atoms with van der Waals surface area (Å²) < 4.78 is 63.2. The molecule has 0 aliphatic rings. The highest BCUT2D eigenvalue weighted by Gasteiger charge is 2.38. The van der Waals surface area contributed by atoms with Crippen LogP contribution in [-0.2, 0) is 13.8 Å². The van der Waals surface area contributed by atoms with Gasteiger partial charge in [0.2, 0.25) is 0 Å². The molecule has 106 valence electrons. The zero-order valence-corrected chi connectivity index (χ0v) is 10.9. The molecule has 1 rings (SSSR count). The van der Waals surface area contributed by atoms with Crippen molar-refractivity contribution < 1.29 is 31.1 Å². The number of hydrogen-bond donors (Lipinski definition) is 1. The Labute approximate surface area is 110 Å². The summed E-state index contributed by atoms with van der Waals surface area (Å²) in [5.41, 5.74) is -0.373. The van der Waals surface area contributed by atoms with Gasteiger partial charge < -0.3 is 10.1 Å². The minimum atomic E-state index is -5.08. The van der Waals surface area contributed by atoms with Crippen LogP contribution in [0.1, 0.15) is 0 Å². The molecule has 0 atom stereocenters. The molecule has 5 nitrogen and oxygen atoms in total. The number of nitrogens with one attached hydrogen (secondary N) is 1. The first kappa shape index (κ1) is 15.6. The Morgan fingerprint density at radius 1 is 1.37 bits per heavy atom. The monoisotopic (exact) mass is 317 g/mol. The number of methoxy groups -OCH3 is 1. The van der Waals surface area contributed by atoms with Gasteiger partial charge >= 0.3 is 12.1 Å². The first-order chi connectivity index (χ1) is 8.55. The second kappa shape index (κ2) is 5.25. The van der Waals surface area contributed by atoms with E-state index in [1.807, 2.05) is 0 Å². The van der Waals surface area contributed by atoms with Crippen LogP contribution in [0.5, 0.6) is 5.75 Å². The van der Waals surface area contributed by atoms with E-state index in [1.165, 1.54) is 5.32 Å². The summed E-state index contributed by atoms with van der Waals surface area (Å²) in [5.74, 6) is -2.38. The molecule has 19 heavy (non-hydrogen) atoms. The highest BCUT2D eigenvalue weighted by molar-refractivity contribution is 8.13. The maximum absolute atomic E-state index is 12.0. The number of carbonyl (C=O) groups is 1. The van der Waals surface area contributed by atoms with E-state index in [9.17, 15) is 26.4 Å². The van der Waals surface area contributed by atoms with Crippen molar-refractivity contribution in [3.8, 4) is 5.75 Å². The number of rotatable bonds is 3. The molecular weight excluding hydrogens is 311 g/mol. The molecule has 0 aromatic heterocycles. The zero-order valence-electron chi connectivity index (χ0n) is 9.29. The third-order valence-electron chi connectivity index (χ3n) is 1.94. The van der Waals surface area contributed by atoms with Gasteiger partial charge in [0.25, 0.3) is 9.05 Å². The summed E-state index contributed by atoms with van der Waals surface area (Å²) in [7, 11) is 2.04. The Bertz CT molecular complexity index is 600. The van der Waals surface area contributed by atoms with Crippen LogP contribution in [0.4, 0.5) is 18.9 Å². The van der Waals surface area contributed by atoms with Crippen molar-refractivity contribution in [3.63, 3.8) is 0 Å². The van der Waals surface area contributed by atoms with Crippen molar-refractivity contribution in [2.75, 3.05) is 12.4 Å². The van der Waals surface area contributed by atoms with Crippen molar-refractivity contribution in [3.05, 3.63) is 18.2 Å². The van der Waals surface area contributed by atoms with Crippen LogP contribution in [0.15, 0.2) is 23.1 Å². The summed E-state index contributed by atoms with van der Waals surface area (Å²) in [6, 6.07) is 2.89. The Kier molecular flexibility index (Phi) is 4.31. The third-order valence-corrected chi connectivity index (χ3v) is 3.28. The van der Waals surface area contributed by atoms with Gasteiger partial charge in [-0.25, -0.2) is 8.42 Å². The Morgan fingerprint density at radius 2 is 1.95 bits per heavy atom. The van der Waals surface area contributed by atoms with E-state index >= 15 is 0 Å². The quantitative estimate of drug-likeness (QED) is 0.867. The number of anilines is 1. The van der Waals surface area contributed by atoms with Crippen LogP contribution >= 0.6 is 10.7 Å². The molecule has 0 saturated heterocycles. The molecule has 0 spiro atoms. The molecule has 0 radical (unpaired) electrons. The van der Waals surface area contributed by atoms with E-state index in [1.54, 1.807) is 0 Å². The average molecular weight is 318 g/mol. The van der Waals surface area contributed by atoms with E-state index in [-0.39, 0.29) is 11.4 Å². The van der Waals surface area contributed by atoms with Crippen LogP contribution < -0.4 is 10.1 Å². The van der Waals surface area contributed by atoms with Crippen molar-refractivity contribution in [1.82, 2.24) is 0 Å². The third kappa shape index (κ3) is 4.00. The van der Waals surface area contributed by atoms with E-state index < -0.39 is 26.0 Å². The lowest BCUT2D eigenvalue weighted by Crippen LogP contribution is -2.29. The molecule has 1 amide bonds. The number of benzene rings is 1. The first-order valence-electron chi connectivity index (χ1n) is 4.56.